The number of aryl methyl sites for hydroxylation is 1. The Morgan fingerprint density at radius 1 is 1.03 bits per heavy atom. The monoisotopic (exact) mass is 512 g/mol. The van der Waals surface area contributed by atoms with E-state index >= 15 is 0 Å². The van der Waals surface area contributed by atoms with Gasteiger partial charge in [-0.15, -0.1) is 0 Å². The van der Waals surface area contributed by atoms with Crippen molar-refractivity contribution in [2.75, 3.05) is 6.61 Å². The lowest BCUT2D eigenvalue weighted by atomic mass is 10.1. The number of ether oxygens (including phenoxy) is 2. The molecule has 1 aliphatic heterocycles. The second-order valence-electron chi connectivity index (χ2n) is 7.50. The van der Waals surface area contributed by atoms with Crippen LogP contribution in [-0.4, -0.2) is 17.7 Å². The van der Waals surface area contributed by atoms with Gasteiger partial charge in [0.1, 0.15) is 6.61 Å². The van der Waals surface area contributed by atoms with E-state index in [1.807, 2.05) is 56.3 Å². The van der Waals surface area contributed by atoms with Gasteiger partial charge in [0.25, 0.3) is 5.91 Å². The minimum absolute atomic E-state index is 0.215. The van der Waals surface area contributed by atoms with Crippen molar-refractivity contribution in [3.05, 3.63) is 92.3 Å². The number of aliphatic imine (C=N–C) groups is 1. The van der Waals surface area contributed by atoms with Crippen LogP contribution in [0.3, 0.4) is 0 Å². The molecule has 0 atom stereocenters. The van der Waals surface area contributed by atoms with E-state index in [4.69, 9.17) is 32.7 Å². The Bertz CT molecular complexity index is 1260. The van der Waals surface area contributed by atoms with E-state index in [9.17, 15) is 4.79 Å². The molecule has 5 nitrogen and oxygen atoms in total. The van der Waals surface area contributed by atoms with E-state index < -0.39 is 0 Å². The molecule has 3 aromatic rings. The highest BCUT2D eigenvalue weighted by Crippen LogP contribution is 2.39. The second kappa shape index (κ2) is 11.0. The van der Waals surface area contributed by atoms with E-state index in [1.165, 1.54) is 11.8 Å². The first-order valence-corrected chi connectivity index (χ1v) is 12.2. The molecule has 34 heavy (non-hydrogen) atoms. The van der Waals surface area contributed by atoms with Gasteiger partial charge in [-0.25, -0.2) is 4.99 Å². The van der Waals surface area contributed by atoms with Crippen molar-refractivity contribution in [1.29, 1.82) is 0 Å². The van der Waals surface area contributed by atoms with Gasteiger partial charge in [-0.1, -0.05) is 53.0 Å². The molecule has 1 saturated heterocycles. The highest BCUT2D eigenvalue weighted by molar-refractivity contribution is 8.18. The standard InChI is InChI=1S/C26H22Cl2N2O3S/c1-3-32-22-13-18(12-21(28)24(22)33-15-17-6-8-19(27)9-7-17)14-23-25(31)30-26(34-23)29-20-10-4-16(2)5-11-20/h4-14H,3,15H2,1-2H3,(H,29,30,31)/b23-14-. The van der Waals surface area contributed by atoms with Crippen LogP contribution >= 0.6 is 35.0 Å². The maximum atomic E-state index is 12.5. The lowest BCUT2D eigenvalue weighted by molar-refractivity contribution is -0.115. The molecule has 0 aliphatic carbocycles. The smallest absolute Gasteiger partial charge is 0.264 e. The number of carbonyl (C=O) groups is 1. The van der Waals surface area contributed by atoms with E-state index in [1.54, 1.807) is 24.3 Å². The van der Waals surface area contributed by atoms with Crippen molar-refractivity contribution in [2.45, 2.75) is 20.5 Å². The van der Waals surface area contributed by atoms with Gasteiger partial charge in [-0.05, 0) is 79.2 Å². The fraction of sp³-hybridized carbons (Fsp3) is 0.154. The molecule has 0 spiro atoms. The van der Waals surface area contributed by atoms with Crippen LogP contribution < -0.4 is 14.8 Å². The molecule has 1 N–H and O–H groups in total. The Morgan fingerprint density at radius 3 is 2.47 bits per heavy atom. The quantitative estimate of drug-likeness (QED) is 0.340. The van der Waals surface area contributed by atoms with Gasteiger partial charge in [-0.2, -0.15) is 0 Å². The molecule has 4 rings (SSSR count). The lowest BCUT2D eigenvalue weighted by Crippen LogP contribution is -2.19. The molecule has 0 radical (unpaired) electrons. The molecule has 3 aromatic carbocycles. The zero-order valence-electron chi connectivity index (χ0n) is 18.6. The summed E-state index contributed by atoms with van der Waals surface area (Å²) >= 11 is 13.8. The fourth-order valence-corrected chi connectivity index (χ4v) is 4.42. The van der Waals surface area contributed by atoms with Gasteiger partial charge in [0, 0.05) is 5.02 Å². The number of rotatable bonds is 7. The molecule has 0 saturated carbocycles. The normalized spacial score (nSPS) is 15.6. The van der Waals surface area contributed by atoms with Crippen molar-refractivity contribution < 1.29 is 14.3 Å². The largest absolute Gasteiger partial charge is 0.490 e. The van der Waals surface area contributed by atoms with Crippen LogP contribution in [0.1, 0.15) is 23.6 Å². The highest BCUT2D eigenvalue weighted by Gasteiger charge is 2.24. The van der Waals surface area contributed by atoms with Crippen LogP contribution in [0.2, 0.25) is 10.0 Å². The van der Waals surface area contributed by atoms with E-state index in [-0.39, 0.29) is 5.91 Å². The Kier molecular flexibility index (Phi) is 7.83. The summed E-state index contributed by atoms with van der Waals surface area (Å²) in [6.07, 6.45) is 1.76. The molecule has 0 unspecified atom stereocenters. The third kappa shape index (κ3) is 6.14. The van der Waals surface area contributed by atoms with Gasteiger partial charge in [0.15, 0.2) is 16.7 Å². The van der Waals surface area contributed by atoms with Gasteiger partial charge in [0.05, 0.1) is 22.2 Å². The first-order valence-electron chi connectivity index (χ1n) is 10.6. The SMILES string of the molecule is CCOc1cc(/C=C2\SC(=Nc3ccc(C)cc3)NC2=O)cc(Cl)c1OCc1ccc(Cl)cc1. The van der Waals surface area contributed by atoms with Crippen molar-refractivity contribution in [1.82, 2.24) is 5.32 Å². The number of benzene rings is 3. The van der Waals surface area contributed by atoms with Crippen molar-refractivity contribution in [3.8, 4) is 11.5 Å². The summed E-state index contributed by atoms with van der Waals surface area (Å²) < 4.78 is 11.7. The van der Waals surface area contributed by atoms with Crippen molar-refractivity contribution in [3.63, 3.8) is 0 Å². The third-order valence-electron chi connectivity index (χ3n) is 4.84. The third-order valence-corrected chi connectivity index (χ3v) is 6.28. The summed E-state index contributed by atoms with van der Waals surface area (Å²) in [5.41, 5.74) is 3.60. The topological polar surface area (TPSA) is 59.9 Å². The minimum Gasteiger partial charge on any atom is -0.490 e. The zero-order valence-corrected chi connectivity index (χ0v) is 20.9. The molecular weight excluding hydrogens is 491 g/mol. The number of carbonyl (C=O) groups excluding carboxylic acids is 1. The number of hydrogen-bond donors (Lipinski definition) is 1. The first-order chi connectivity index (χ1) is 16.4. The molecule has 0 bridgehead atoms. The number of amidine groups is 1. The van der Waals surface area contributed by atoms with Gasteiger partial charge >= 0.3 is 0 Å². The predicted octanol–water partition coefficient (Wildman–Crippen LogP) is 7.17. The number of nitrogens with zero attached hydrogens (tertiary/aromatic N) is 1. The second-order valence-corrected chi connectivity index (χ2v) is 9.37. The van der Waals surface area contributed by atoms with Crippen LogP contribution in [0.25, 0.3) is 6.08 Å². The molecule has 0 aromatic heterocycles. The zero-order chi connectivity index (χ0) is 24.1. The number of thioether (sulfide) groups is 1. The van der Waals surface area contributed by atoms with Crippen LogP contribution in [0.5, 0.6) is 11.5 Å². The van der Waals surface area contributed by atoms with Crippen LogP contribution in [0.15, 0.2) is 70.6 Å². The molecule has 1 heterocycles. The molecular formula is C26H22Cl2N2O3S. The minimum atomic E-state index is -0.215. The number of halogens is 2. The van der Waals surface area contributed by atoms with Crippen LogP contribution in [0.4, 0.5) is 5.69 Å². The van der Waals surface area contributed by atoms with Crippen molar-refractivity contribution >= 4 is 57.8 Å². The summed E-state index contributed by atoms with van der Waals surface area (Å²) in [5.74, 6) is 0.742. The Balaban J connectivity index is 1.54. The number of amides is 1. The molecule has 1 amide bonds. The van der Waals surface area contributed by atoms with Crippen molar-refractivity contribution in [2.24, 2.45) is 4.99 Å². The van der Waals surface area contributed by atoms with Gasteiger partial charge in [-0.3, -0.25) is 4.79 Å². The Labute approximate surface area is 212 Å². The average molecular weight is 513 g/mol. The first kappa shape index (κ1) is 24.2. The summed E-state index contributed by atoms with van der Waals surface area (Å²) in [5, 5.41) is 4.38. The summed E-state index contributed by atoms with van der Waals surface area (Å²) in [4.78, 5) is 17.5. The summed E-state index contributed by atoms with van der Waals surface area (Å²) in [6.45, 7) is 4.65. The number of nitrogens with one attached hydrogen (secondary N) is 1. The predicted molar refractivity (Wildman–Crippen MR) is 140 cm³/mol. The van der Waals surface area contributed by atoms with Crippen LogP contribution in [0, 0.1) is 6.92 Å². The van der Waals surface area contributed by atoms with E-state index in [0.29, 0.717) is 44.8 Å². The number of hydrogen-bond acceptors (Lipinski definition) is 5. The Hall–Kier alpha value is -2.93. The molecule has 1 fully saturated rings. The van der Waals surface area contributed by atoms with Gasteiger partial charge < -0.3 is 14.8 Å². The average Bonchev–Trinajstić information content (AvgIpc) is 3.14. The maximum Gasteiger partial charge on any atom is 0.264 e. The molecule has 1 aliphatic rings. The molecule has 174 valence electrons. The summed E-state index contributed by atoms with van der Waals surface area (Å²) in [7, 11) is 0. The van der Waals surface area contributed by atoms with Crippen LogP contribution in [-0.2, 0) is 11.4 Å². The highest BCUT2D eigenvalue weighted by atomic mass is 35.5. The maximum absolute atomic E-state index is 12.5. The van der Waals surface area contributed by atoms with E-state index in [2.05, 4.69) is 10.3 Å². The van der Waals surface area contributed by atoms with Gasteiger partial charge in [0.2, 0.25) is 0 Å². The Morgan fingerprint density at radius 2 is 1.76 bits per heavy atom. The lowest BCUT2D eigenvalue weighted by Gasteiger charge is -2.15. The fourth-order valence-electron chi connectivity index (χ4n) is 3.18. The molecule has 8 heteroatoms. The van der Waals surface area contributed by atoms with E-state index in [0.717, 1.165) is 22.4 Å². The summed E-state index contributed by atoms with van der Waals surface area (Å²) in [6, 6.07) is 18.7.